The fourth-order valence-electron chi connectivity index (χ4n) is 1.28. The van der Waals surface area contributed by atoms with Gasteiger partial charge in [0, 0.05) is 6.07 Å². The highest BCUT2D eigenvalue weighted by molar-refractivity contribution is 5.78. The van der Waals surface area contributed by atoms with Gasteiger partial charge in [0.05, 0.1) is 17.1 Å². The molecular formula is C10H12N2O4. The summed E-state index contributed by atoms with van der Waals surface area (Å²) in [6.07, 6.45) is 0. The first-order chi connectivity index (χ1) is 7.57. The largest absolute Gasteiger partial charge is 0.465 e. The number of nitro groups is 1. The lowest BCUT2D eigenvalue weighted by Gasteiger charge is -2.10. The maximum absolute atomic E-state index is 11.3. The normalized spacial score (nSPS) is 11.9. The smallest absolute Gasteiger partial charge is 0.327 e. The molecule has 16 heavy (non-hydrogen) atoms. The molecule has 0 amide bonds. The molecule has 6 heteroatoms. The second-order valence-electron chi connectivity index (χ2n) is 3.05. The standard InChI is InChI=1S/C10H12N2O4/c1-2-16-10(13)9(11)7-5-3-4-6-8(7)12(14)15/h3-6,9H,2,11H2,1H3. The van der Waals surface area contributed by atoms with E-state index in [2.05, 4.69) is 0 Å². The Hall–Kier alpha value is -1.95. The van der Waals surface area contributed by atoms with Crippen LogP contribution in [-0.4, -0.2) is 17.5 Å². The summed E-state index contributed by atoms with van der Waals surface area (Å²) in [7, 11) is 0. The van der Waals surface area contributed by atoms with Gasteiger partial charge in [-0.1, -0.05) is 12.1 Å². The summed E-state index contributed by atoms with van der Waals surface area (Å²) in [5.74, 6) is -0.670. The zero-order chi connectivity index (χ0) is 12.1. The van der Waals surface area contributed by atoms with E-state index in [1.54, 1.807) is 13.0 Å². The van der Waals surface area contributed by atoms with E-state index >= 15 is 0 Å². The zero-order valence-corrected chi connectivity index (χ0v) is 8.75. The van der Waals surface area contributed by atoms with E-state index in [0.717, 1.165) is 0 Å². The maximum atomic E-state index is 11.3. The van der Waals surface area contributed by atoms with Gasteiger partial charge in [-0.15, -0.1) is 0 Å². The second-order valence-corrected chi connectivity index (χ2v) is 3.05. The van der Waals surface area contributed by atoms with Crippen LogP contribution in [-0.2, 0) is 9.53 Å². The van der Waals surface area contributed by atoms with Crippen LogP contribution < -0.4 is 5.73 Å². The number of carbonyl (C=O) groups excluding carboxylic acids is 1. The van der Waals surface area contributed by atoms with Gasteiger partial charge in [-0.25, -0.2) is 4.79 Å². The lowest BCUT2D eigenvalue weighted by molar-refractivity contribution is -0.385. The number of benzene rings is 1. The molecule has 1 unspecified atom stereocenters. The predicted octanol–water partition coefficient (Wildman–Crippen LogP) is 1.16. The summed E-state index contributed by atoms with van der Waals surface area (Å²) in [6, 6.07) is 4.72. The van der Waals surface area contributed by atoms with E-state index in [0.29, 0.717) is 0 Å². The van der Waals surface area contributed by atoms with Crippen LogP contribution in [0.2, 0.25) is 0 Å². The maximum Gasteiger partial charge on any atom is 0.327 e. The van der Waals surface area contributed by atoms with Crippen LogP contribution >= 0.6 is 0 Å². The highest BCUT2D eigenvalue weighted by atomic mass is 16.6. The van der Waals surface area contributed by atoms with Crippen molar-refractivity contribution in [3.63, 3.8) is 0 Å². The van der Waals surface area contributed by atoms with Crippen molar-refractivity contribution in [2.45, 2.75) is 13.0 Å². The van der Waals surface area contributed by atoms with Crippen LogP contribution in [0.4, 0.5) is 5.69 Å². The lowest BCUT2D eigenvalue weighted by atomic mass is 10.1. The minimum absolute atomic E-state index is 0.158. The van der Waals surface area contributed by atoms with E-state index in [9.17, 15) is 14.9 Å². The summed E-state index contributed by atoms with van der Waals surface area (Å²) in [6.45, 7) is 1.83. The fraction of sp³-hybridized carbons (Fsp3) is 0.300. The Kier molecular flexibility index (Phi) is 3.96. The number of carbonyl (C=O) groups is 1. The molecule has 1 aromatic carbocycles. The number of rotatable bonds is 4. The first-order valence-corrected chi connectivity index (χ1v) is 4.73. The highest BCUT2D eigenvalue weighted by Gasteiger charge is 2.24. The third-order valence-electron chi connectivity index (χ3n) is 2.01. The number of hydrogen-bond acceptors (Lipinski definition) is 5. The monoisotopic (exact) mass is 224 g/mol. The molecule has 0 saturated heterocycles. The van der Waals surface area contributed by atoms with Gasteiger partial charge in [-0.05, 0) is 13.0 Å². The van der Waals surface area contributed by atoms with Crippen LogP contribution in [0, 0.1) is 10.1 Å². The number of para-hydroxylation sites is 1. The van der Waals surface area contributed by atoms with Gasteiger partial charge < -0.3 is 10.5 Å². The summed E-state index contributed by atoms with van der Waals surface area (Å²) in [4.78, 5) is 21.5. The first kappa shape index (κ1) is 12.1. The van der Waals surface area contributed by atoms with Crippen LogP contribution in [0.3, 0.4) is 0 Å². The Morgan fingerprint density at radius 2 is 2.19 bits per heavy atom. The van der Waals surface area contributed by atoms with Crippen LogP contribution in [0.15, 0.2) is 24.3 Å². The molecule has 0 aromatic heterocycles. The summed E-state index contributed by atoms with van der Waals surface area (Å²) in [5, 5.41) is 10.7. The Balaban J connectivity index is 3.03. The molecule has 6 nitrogen and oxygen atoms in total. The van der Waals surface area contributed by atoms with Crippen LogP contribution in [0.1, 0.15) is 18.5 Å². The van der Waals surface area contributed by atoms with E-state index < -0.39 is 16.9 Å². The van der Waals surface area contributed by atoms with Crippen molar-refractivity contribution in [1.29, 1.82) is 0 Å². The Morgan fingerprint density at radius 3 is 2.75 bits per heavy atom. The Labute approximate surface area is 92.2 Å². The number of nitrogens with two attached hydrogens (primary N) is 1. The van der Waals surface area contributed by atoms with Crippen molar-refractivity contribution in [1.82, 2.24) is 0 Å². The second kappa shape index (κ2) is 5.22. The molecule has 0 radical (unpaired) electrons. The molecule has 0 bridgehead atoms. The lowest BCUT2D eigenvalue weighted by Crippen LogP contribution is -2.24. The molecule has 86 valence electrons. The van der Waals surface area contributed by atoms with Gasteiger partial charge in [-0.3, -0.25) is 10.1 Å². The van der Waals surface area contributed by atoms with Gasteiger partial charge in [0.2, 0.25) is 0 Å². The van der Waals surface area contributed by atoms with Crippen molar-refractivity contribution < 1.29 is 14.5 Å². The molecule has 0 heterocycles. The SMILES string of the molecule is CCOC(=O)C(N)c1ccccc1[N+](=O)[O-]. The average molecular weight is 224 g/mol. The van der Waals surface area contributed by atoms with Gasteiger partial charge in [0.1, 0.15) is 6.04 Å². The van der Waals surface area contributed by atoms with Gasteiger partial charge in [-0.2, -0.15) is 0 Å². The Morgan fingerprint density at radius 1 is 1.56 bits per heavy atom. The van der Waals surface area contributed by atoms with Crippen molar-refractivity contribution in [2.75, 3.05) is 6.61 Å². The zero-order valence-electron chi connectivity index (χ0n) is 8.75. The molecule has 0 aliphatic carbocycles. The molecular weight excluding hydrogens is 212 g/mol. The third-order valence-corrected chi connectivity index (χ3v) is 2.01. The van der Waals surface area contributed by atoms with Crippen molar-refractivity contribution in [2.24, 2.45) is 5.73 Å². The van der Waals surface area contributed by atoms with Gasteiger partial charge in [0.15, 0.2) is 0 Å². The molecule has 0 fully saturated rings. The quantitative estimate of drug-likeness (QED) is 0.470. The van der Waals surface area contributed by atoms with E-state index in [4.69, 9.17) is 10.5 Å². The minimum Gasteiger partial charge on any atom is -0.465 e. The average Bonchev–Trinajstić information content (AvgIpc) is 2.28. The van der Waals surface area contributed by atoms with E-state index in [1.165, 1.54) is 18.2 Å². The van der Waals surface area contributed by atoms with Crippen LogP contribution in [0.25, 0.3) is 0 Å². The topological polar surface area (TPSA) is 95.5 Å². The molecule has 1 rings (SSSR count). The van der Waals surface area contributed by atoms with Crippen LogP contribution in [0.5, 0.6) is 0 Å². The number of ether oxygens (including phenoxy) is 1. The van der Waals surface area contributed by atoms with Crippen molar-refractivity contribution >= 4 is 11.7 Å². The number of nitrogens with zero attached hydrogens (tertiary/aromatic N) is 1. The summed E-state index contributed by atoms with van der Waals surface area (Å²) >= 11 is 0. The molecule has 2 N–H and O–H groups in total. The van der Waals surface area contributed by atoms with Crippen molar-refractivity contribution in [3.05, 3.63) is 39.9 Å². The highest BCUT2D eigenvalue weighted by Crippen LogP contribution is 2.23. The number of nitro benzene ring substituents is 1. The molecule has 1 atom stereocenters. The summed E-state index contributed by atoms with van der Waals surface area (Å²) in [5.41, 5.74) is 5.56. The molecule has 0 spiro atoms. The molecule has 0 saturated carbocycles. The van der Waals surface area contributed by atoms with E-state index in [1.807, 2.05) is 0 Å². The molecule has 0 aliphatic heterocycles. The van der Waals surface area contributed by atoms with Gasteiger partial charge in [0.25, 0.3) is 5.69 Å². The fourth-order valence-corrected chi connectivity index (χ4v) is 1.28. The Bertz CT molecular complexity index is 406. The first-order valence-electron chi connectivity index (χ1n) is 4.73. The van der Waals surface area contributed by atoms with Gasteiger partial charge >= 0.3 is 5.97 Å². The van der Waals surface area contributed by atoms with Crippen molar-refractivity contribution in [3.8, 4) is 0 Å². The minimum atomic E-state index is -1.12. The molecule has 0 aliphatic rings. The summed E-state index contributed by atoms with van der Waals surface area (Å²) < 4.78 is 4.71. The third kappa shape index (κ3) is 2.54. The van der Waals surface area contributed by atoms with E-state index in [-0.39, 0.29) is 17.9 Å². The number of esters is 1. The molecule has 1 aromatic rings. The predicted molar refractivity (Wildman–Crippen MR) is 56.7 cm³/mol. The number of hydrogen-bond donors (Lipinski definition) is 1.